The molecule has 0 radical (unpaired) electrons. The van der Waals surface area contributed by atoms with Crippen molar-refractivity contribution in [3.05, 3.63) is 34.9 Å². The van der Waals surface area contributed by atoms with Crippen molar-refractivity contribution in [3.8, 4) is 0 Å². The van der Waals surface area contributed by atoms with Gasteiger partial charge in [-0.1, -0.05) is 0 Å². The van der Waals surface area contributed by atoms with Gasteiger partial charge in [-0.25, -0.2) is 0 Å². The number of rotatable bonds is 3. The molecular weight excluding hydrogens is 213 g/mol. The minimum atomic E-state index is -1.99. The van der Waals surface area contributed by atoms with E-state index in [0.29, 0.717) is 18.2 Å². The lowest BCUT2D eigenvalue weighted by Gasteiger charge is -1.99. The van der Waals surface area contributed by atoms with Crippen LogP contribution in [0.1, 0.15) is 31.1 Å². The van der Waals surface area contributed by atoms with Gasteiger partial charge in [-0.3, -0.25) is 14.4 Å². The fraction of sp³-hybridized carbons (Fsp3) is 0. The summed E-state index contributed by atoms with van der Waals surface area (Å²) in [6.45, 7) is 0. The lowest BCUT2D eigenvalue weighted by Crippen LogP contribution is -2.01. The Morgan fingerprint density at radius 3 is 1.00 bits per heavy atom. The Morgan fingerprint density at radius 2 is 0.867 bits per heavy atom. The normalized spacial score (nSPS) is 9.80. The first kappa shape index (κ1) is 11.1. The van der Waals surface area contributed by atoms with E-state index in [-0.39, 0.29) is 0 Å². The van der Waals surface area contributed by atoms with Crippen LogP contribution >= 0.6 is 0 Å². The molecule has 0 fully saturated rings. The smallest absolute Gasteiger partial charge is 0.255 e. The van der Waals surface area contributed by atoms with Gasteiger partial charge in [0, 0.05) is 0 Å². The molecule has 0 atom stereocenters. The summed E-state index contributed by atoms with van der Waals surface area (Å²) < 4.78 is 36.6. The predicted molar refractivity (Wildman–Crippen MR) is 42.8 cm³/mol. The molecule has 0 N–H and O–H groups in total. The lowest BCUT2D eigenvalue weighted by molar-refractivity contribution is 0.0834. The highest BCUT2D eigenvalue weighted by molar-refractivity contribution is 5.99. The maximum atomic E-state index is 12.2. The van der Waals surface area contributed by atoms with Crippen molar-refractivity contribution in [1.82, 2.24) is 0 Å². The highest BCUT2D eigenvalue weighted by Crippen LogP contribution is 2.14. The molecule has 1 aromatic carbocycles. The Bertz CT molecular complexity index is 375. The molecule has 0 unspecified atom stereocenters. The van der Waals surface area contributed by atoms with Crippen molar-refractivity contribution in [2.24, 2.45) is 0 Å². The molecule has 1 rings (SSSR count). The fourth-order valence-corrected chi connectivity index (χ4v) is 0.968. The molecule has 15 heavy (non-hydrogen) atoms. The molecule has 6 heteroatoms. The van der Waals surface area contributed by atoms with E-state index in [9.17, 15) is 27.6 Å². The number of hydrogen-bond acceptors (Lipinski definition) is 3. The first-order valence-corrected chi connectivity index (χ1v) is 3.66. The van der Waals surface area contributed by atoms with Gasteiger partial charge in [0.2, 0.25) is 0 Å². The van der Waals surface area contributed by atoms with Crippen LogP contribution < -0.4 is 0 Å². The maximum Gasteiger partial charge on any atom is 0.332 e. The van der Waals surface area contributed by atoms with Crippen LogP contribution in [0.5, 0.6) is 0 Å². The summed E-state index contributed by atoms with van der Waals surface area (Å²) in [7, 11) is 0. The third-order valence-corrected chi connectivity index (χ3v) is 1.61. The van der Waals surface area contributed by atoms with Crippen molar-refractivity contribution < 1.29 is 27.6 Å². The largest absolute Gasteiger partial charge is 0.332 e. The molecule has 0 aliphatic rings. The molecule has 0 aromatic heterocycles. The minimum Gasteiger partial charge on any atom is -0.255 e. The number of carbonyl (C=O) groups excluding carboxylic acids is 3. The number of halogens is 3. The first-order chi connectivity index (χ1) is 6.91. The first-order valence-electron chi connectivity index (χ1n) is 3.66. The van der Waals surface area contributed by atoms with Crippen molar-refractivity contribution in [3.63, 3.8) is 0 Å². The van der Waals surface area contributed by atoms with E-state index in [1.807, 2.05) is 0 Å². The molecule has 78 valence electrons. The quantitative estimate of drug-likeness (QED) is 0.726. The zero-order chi connectivity index (χ0) is 11.6. The van der Waals surface area contributed by atoms with E-state index < -0.39 is 34.8 Å². The lowest BCUT2D eigenvalue weighted by atomic mass is 10.1. The highest BCUT2D eigenvalue weighted by Gasteiger charge is 2.15. The minimum absolute atomic E-state index is 0.594. The molecule has 0 saturated heterocycles. The summed E-state index contributed by atoms with van der Waals surface area (Å²) >= 11 is 0. The van der Waals surface area contributed by atoms with Crippen molar-refractivity contribution >= 4 is 18.1 Å². The number of benzene rings is 1. The third kappa shape index (κ3) is 2.49. The Balaban J connectivity index is 3.39. The summed E-state index contributed by atoms with van der Waals surface area (Å²) in [5.74, 6) is 0. The Hall–Kier alpha value is -1.98. The van der Waals surface area contributed by atoms with Gasteiger partial charge in [-0.15, -0.1) is 0 Å². The van der Waals surface area contributed by atoms with E-state index in [4.69, 9.17) is 0 Å². The van der Waals surface area contributed by atoms with Crippen molar-refractivity contribution in [1.29, 1.82) is 0 Å². The predicted octanol–water partition coefficient (Wildman–Crippen LogP) is 2.02. The molecule has 0 aliphatic heterocycles. The molecule has 0 spiro atoms. The summed E-state index contributed by atoms with van der Waals surface area (Å²) in [5.41, 5.74) is -2.25. The van der Waals surface area contributed by atoms with E-state index in [1.54, 1.807) is 0 Å². The Labute approximate surface area is 81.5 Å². The van der Waals surface area contributed by atoms with Crippen LogP contribution in [-0.4, -0.2) is 18.1 Å². The van der Waals surface area contributed by atoms with Crippen molar-refractivity contribution in [2.45, 2.75) is 0 Å². The zero-order valence-electron chi connectivity index (χ0n) is 7.09. The summed E-state index contributed by atoms with van der Waals surface area (Å²) in [6, 6.07) is -4.17. The zero-order valence-corrected chi connectivity index (χ0v) is 7.09. The van der Waals surface area contributed by atoms with Crippen LogP contribution in [0.15, 0.2) is 18.2 Å². The third-order valence-electron chi connectivity index (χ3n) is 1.61. The summed E-state index contributed by atoms with van der Waals surface area (Å²) in [5, 5.41) is 0. The number of hydrogen-bond donors (Lipinski definition) is 0. The van der Waals surface area contributed by atoms with Crippen molar-refractivity contribution in [2.75, 3.05) is 0 Å². The van der Waals surface area contributed by atoms with Gasteiger partial charge in [0.1, 0.15) is 0 Å². The molecule has 0 saturated carbocycles. The molecule has 0 aliphatic carbocycles. The van der Waals surface area contributed by atoms with E-state index in [2.05, 4.69) is 0 Å². The highest BCUT2D eigenvalue weighted by atomic mass is 19.1. The van der Waals surface area contributed by atoms with Crippen LogP contribution in [0.3, 0.4) is 0 Å². The fourth-order valence-electron chi connectivity index (χ4n) is 0.968. The van der Waals surface area contributed by atoms with Crippen LogP contribution in [0, 0.1) is 0 Å². The average molecular weight is 216 g/mol. The van der Waals surface area contributed by atoms with Gasteiger partial charge in [-0.05, 0) is 18.2 Å². The van der Waals surface area contributed by atoms with Gasteiger partial charge in [-0.2, -0.15) is 13.2 Å². The molecular formula is C9H3F3O3. The SMILES string of the molecule is O=C(F)c1cc(C(=O)F)cc(C(=O)F)c1. The second-order valence-electron chi connectivity index (χ2n) is 2.62. The van der Waals surface area contributed by atoms with Gasteiger partial charge < -0.3 is 0 Å². The van der Waals surface area contributed by atoms with Crippen LogP contribution in [0.4, 0.5) is 13.2 Å². The number of carbonyl (C=O) groups is 3. The van der Waals surface area contributed by atoms with E-state index in [0.717, 1.165) is 0 Å². The Morgan fingerprint density at radius 1 is 0.667 bits per heavy atom. The van der Waals surface area contributed by atoms with E-state index >= 15 is 0 Å². The molecule has 1 aromatic rings. The van der Waals surface area contributed by atoms with Gasteiger partial charge >= 0.3 is 18.1 Å². The second kappa shape index (κ2) is 4.04. The molecule has 0 bridgehead atoms. The Kier molecular flexibility index (Phi) is 2.99. The van der Waals surface area contributed by atoms with Crippen LogP contribution in [0.2, 0.25) is 0 Å². The molecule has 3 nitrogen and oxygen atoms in total. The van der Waals surface area contributed by atoms with Gasteiger partial charge in [0.05, 0.1) is 16.7 Å². The second-order valence-corrected chi connectivity index (χ2v) is 2.62. The summed E-state index contributed by atoms with van der Waals surface area (Å²) in [4.78, 5) is 30.8. The monoisotopic (exact) mass is 216 g/mol. The topological polar surface area (TPSA) is 51.2 Å². The van der Waals surface area contributed by atoms with E-state index in [1.165, 1.54) is 0 Å². The standard InChI is InChI=1S/C9H3F3O3/c10-7(13)4-1-5(8(11)14)3-6(2-4)9(12)15/h1-3H. The molecule has 0 heterocycles. The van der Waals surface area contributed by atoms with Gasteiger partial charge in [0.25, 0.3) is 0 Å². The van der Waals surface area contributed by atoms with Crippen LogP contribution in [0.25, 0.3) is 0 Å². The summed E-state index contributed by atoms with van der Waals surface area (Å²) in [6.07, 6.45) is 0. The van der Waals surface area contributed by atoms with Crippen LogP contribution in [-0.2, 0) is 0 Å². The van der Waals surface area contributed by atoms with Gasteiger partial charge in [0.15, 0.2) is 0 Å². The average Bonchev–Trinajstić information content (AvgIpc) is 2.16. The molecule has 0 amide bonds. The maximum absolute atomic E-state index is 12.2.